The fourth-order valence-electron chi connectivity index (χ4n) is 2.37. The third kappa shape index (κ3) is 6.55. The molecule has 148 valence electrons. The van der Waals surface area contributed by atoms with Gasteiger partial charge in [-0.15, -0.1) is 0 Å². The molecule has 2 aromatic rings. The van der Waals surface area contributed by atoms with Crippen molar-refractivity contribution in [2.75, 3.05) is 13.2 Å². The zero-order valence-electron chi connectivity index (χ0n) is 15.4. The molecule has 0 bridgehead atoms. The van der Waals surface area contributed by atoms with E-state index in [-0.39, 0.29) is 6.54 Å². The van der Waals surface area contributed by atoms with Crippen LogP contribution < -0.4 is 10.6 Å². The van der Waals surface area contributed by atoms with Crippen molar-refractivity contribution in [2.24, 2.45) is 0 Å². The Hall–Kier alpha value is -2.57. The molecule has 0 aliphatic rings. The molecule has 0 spiro atoms. The Morgan fingerprint density at radius 1 is 1.07 bits per heavy atom. The van der Waals surface area contributed by atoms with Crippen molar-refractivity contribution in [3.8, 4) is 0 Å². The lowest BCUT2D eigenvalue weighted by atomic mass is 10.1. The van der Waals surface area contributed by atoms with Crippen molar-refractivity contribution >= 4 is 41.0 Å². The Morgan fingerprint density at radius 3 is 2.39 bits per heavy atom. The van der Waals surface area contributed by atoms with Gasteiger partial charge in [-0.25, -0.2) is 0 Å². The van der Waals surface area contributed by atoms with Crippen molar-refractivity contribution in [1.82, 2.24) is 10.6 Å². The summed E-state index contributed by atoms with van der Waals surface area (Å²) in [7, 11) is 0. The normalized spacial score (nSPS) is 11.4. The number of aryl methyl sites for hydroxylation is 1. The Bertz CT molecular complexity index is 869. The van der Waals surface area contributed by atoms with Gasteiger partial charge in [-0.3, -0.25) is 14.4 Å². The minimum Gasteiger partial charge on any atom is -0.454 e. The predicted octanol–water partition coefficient (Wildman–Crippen LogP) is 3.45. The minimum absolute atomic E-state index is 0.335. The number of carbonyl (C=O) groups is 3. The van der Waals surface area contributed by atoms with Crippen LogP contribution in [0.2, 0.25) is 10.0 Å². The highest BCUT2D eigenvalue weighted by atomic mass is 35.5. The molecule has 0 fully saturated rings. The maximum absolute atomic E-state index is 12.0. The fraction of sp³-hybridized carbons (Fsp3) is 0.250. The van der Waals surface area contributed by atoms with Crippen molar-refractivity contribution in [1.29, 1.82) is 0 Å². The van der Waals surface area contributed by atoms with Gasteiger partial charge in [0, 0.05) is 15.6 Å². The van der Waals surface area contributed by atoms with Crippen LogP contribution in [-0.4, -0.2) is 30.9 Å². The van der Waals surface area contributed by atoms with Crippen molar-refractivity contribution in [3.05, 3.63) is 69.2 Å². The van der Waals surface area contributed by atoms with Gasteiger partial charge in [0.1, 0.15) is 6.54 Å². The van der Waals surface area contributed by atoms with E-state index in [0.29, 0.717) is 21.2 Å². The predicted molar refractivity (Wildman–Crippen MR) is 107 cm³/mol. The monoisotopic (exact) mass is 422 g/mol. The van der Waals surface area contributed by atoms with Crippen LogP contribution in [0.3, 0.4) is 0 Å². The zero-order chi connectivity index (χ0) is 20.7. The van der Waals surface area contributed by atoms with Crippen LogP contribution in [0, 0.1) is 6.92 Å². The van der Waals surface area contributed by atoms with E-state index in [1.165, 1.54) is 0 Å². The molecule has 0 heterocycles. The van der Waals surface area contributed by atoms with Crippen LogP contribution in [0.5, 0.6) is 0 Å². The first kappa shape index (κ1) is 21.7. The van der Waals surface area contributed by atoms with E-state index in [0.717, 1.165) is 5.56 Å². The molecule has 28 heavy (non-hydrogen) atoms. The number of rotatable bonds is 7. The highest BCUT2D eigenvalue weighted by Gasteiger charge is 2.15. The van der Waals surface area contributed by atoms with Gasteiger partial charge in [0.15, 0.2) is 6.61 Å². The van der Waals surface area contributed by atoms with Crippen LogP contribution >= 0.6 is 23.2 Å². The third-order valence-electron chi connectivity index (χ3n) is 3.88. The summed E-state index contributed by atoms with van der Waals surface area (Å²) in [5, 5.41) is 6.04. The lowest BCUT2D eigenvalue weighted by molar-refractivity contribution is -0.147. The lowest BCUT2D eigenvalue weighted by Gasteiger charge is -2.16. The number of esters is 1. The molecule has 2 aromatic carbocycles. The molecule has 0 saturated carbocycles. The lowest BCUT2D eigenvalue weighted by Crippen LogP contribution is -2.34. The van der Waals surface area contributed by atoms with Crippen LogP contribution in [-0.2, 0) is 14.3 Å². The van der Waals surface area contributed by atoms with E-state index in [9.17, 15) is 14.4 Å². The molecule has 0 aromatic heterocycles. The first-order valence-electron chi connectivity index (χ1n) is 8.51. The zero-order valence-corrected chi connectivity index (χ0v) is 16.9. The van der Waals surface area contributed by atoms with E-state index < -0.39 is 30.4 Å². The topological polar surface area (TPSA) is 84.5 Å². The Labute approximate surface area is 173 Å². The van der Waals surface area contributed by atoms with Gasteiger partial charge in [0.05, 0.1) is 6.04 Å². The summed E-state index contributed by atoms with van der Waals surface area (Å²) in [4.78, 5) is 35.6. The van der Waals surface area contributed by atoms with Gasteiger partial charge in [-0.1, -0.05) is 47.0 Å². The Morgan fingerprint density at radius 2 is 1.75 bits per heavy atom. The van der Waals surface area contributed by atoms with Crippen LogP contribution in [0.15, 0.2) is 42.5 Å². The molecule has 2 N–H and O–H groups in total. The molecule has 1 atom stereocenters. The molecule has 2 amide bonds. The molecule has 0 saturated heterocycles. The van der Waals surface area contributed by atoms with E-state index in [4.69, 9.17) is 27.9 Å². The summed E-state index contributed by atoms with van der Waals surface area (Å²) in [6.45, 7) is 2.86. The molecular formula is C20H20Cl2N2O4. The number of ether oxygens (including phenoxy) is 1. The largest absolute Gasteiger partial charge is 0.454 e. The van der Waals surface area contributed by atoms with Gasteiger partial charge in [0.2, 0.25) is 0 Å². The quantitative estimate of drug-likeness (QED) is 0.669. The summed E-state index contributed by atoms with van der Waals surface area (Å²) in [6.07, 6.45) is 0. The second-order valence-electron chi connectivity index (χ2n) is 6.16. The summed E-state index contributed by atoms with van der Waals surface area (Å²) >= 11 is 12.0. The van der Waals surface area contributed by atoms with Gasteiger partial charge in [-0.05, 0) is 43.7 Å². The Balaban J connectivity index is 1.75. The average molecular weight is 423 g/mol. The smallest absolute Gasteiger partial charge is 0.325 e. The molecule has 0 radical (unpaired) electrons. The molecule has 1 unspecified atom stereocenters. The Kier molecular flexibility index (Phi) is 7.84. The van der Waals surface area contributed by atoms with Gasteiger partial charge in [-0.2, -0.15) is 0 Å². The SMILES string of the molecule is Cc1ccc(C(=O)NCC(=O)OCC(=O)NC(C)c2ccc(Cl)cc2Cl)cc1. The van der Waals surface area contributed by atoms with Crippen LogP contribution in [0.4, 0.5) is 0 Å². The van der Waals surface area contributed by atoms with E-state index in [1.54, 1.807) is 49.4 Å². The number of carbonyl (C=O) groups excluding carboxylic acids is 3. The fourth-order valence-corrected chi connectivity index (χ4v) is 2.94. The second kappa shape index (κ2) is 10.1. The van der Waals surface area contributed by atoms with Crippen LogP contribution in [0.25, 0.3) is 0 Å². The molecule has 8 heteroatoms. The second-order valence-corrected chi connectivity index (χ2v) is 7.01. The molecule has 0 aliphatic carbocycles. The van der Waals surface area contributed by atoms with Crippen molar-refractivity contribution in [3.63, 3.8) is 0 Å². The standard InChI is InChI=1S/C20H20Cl2N2O4/c1-12-3-5-14(6-4-12)20(27)23-10-19(26)28-11-18(25)24-13(2)16-8-7-15(21)9-17(16)22/h3-9,13H,10-11H2,1-2H3,(H,23,27)(H,24,25). The molecular weight excluding hydrogens is 403 g/mol. The highest BCUT2D eigenvalue weighted by molar-refractivity contribution is 6.35. The summed E-state index contributed by atoms with van der Waals surface area (Å²) in [6, 6.07) is 11.5. The maximum Gasteiger partial charge on any atom is 0.325 e. The highest BCUT2D eigenvalue weighted by Crippen LogP contribution is 2.25. The summed E-state index contributed by atoms with van der Waals surface area (Å²) < 4.78 is 4.88. The third-order valence-corrected chi connectivity index (χ3v) is 4.44. The number of hydrogen-bond acceptors (Lipinski definition) is 4. The van der Waals surface area contributed by atoms with E-state index in [2.05, 4.69) is 10.6 Å². The summed E-state index contributed by atoms with van der Waals surface area (Å²) in [5.74, 6) is -1.60. The molecule has 0 aliphatic heterocycles. The van der Waals surface area contributed by atoms with Gasteiger partial charge in [0.25, 0.3) is 11.8 Å². The number of halogens is 2. The molecule has 2 rings (SSSR count). The van der Waals surface area contributed by atoms with Gasteiger partial charge < -0.3 is 15.4 Å². The first-order valence-corrected chi connectivity index (χ1v) is 9.26. The number of benzene rings is 2. The summed E-state index contributed by atoms with van der Waals surface area (Å²) in [5.41, 5.74) is 2.15. The van der Waals surface area contributed by atoms with Gasteiger partial charge >= 0.3 is 5.97 Å². The van der Waals surface area contributed by atoms with E-state index in [1.807, 2.05) is 6.92 Å². The first-order chi connectivity index (χ1) is 13.3. The number of amides is 2. The van der Waals surface area contributed by atoms with Crippen molar-refractivity contribution in [2.45, 2.75) is 19.9 Å². The number of hydrogen-bond donors (Lipinski definition) is 2. The maximum atomic E-state index is 12.0. The minimum atomic E-state index is -0.715. The molecule has 6 nitrogen and oxygen atoms in total. The van der Waals surface area contributed by atoms with Crippen LogP contribution in [0.1, 0.15) is 34.5 Å². The van der Waals surface area contributed by atoms with E-state index >= 15 is 0 Å². The number of nitrogens with one attached hydrogen (secondary N) is 2. The average Bonchev–Trinajstić information content (AvgIpc) is 2.64. The van der Waals surface area contributed by atoms with Crippen molar-refractivity contribution < 1.29 is 19.1 Å².